The number of hydrogen-bond acceptors (Lipinski definition) is 1. The SMILES string of the molecule is [C]1NCC(c2ccccc2)C1c1ccccc1. The van der Waals surface area contributed by atoms with Crippen LogP contribution in [0.25, 0.3) is 0 Å². The fourth-order valence-corrected chi connectivity index (χ4v) is 2.48. The first-order valence-electron chi connectivity index (χ1n) is 6.03. The summed E-state index contributed by atoms with van der Waals surface area (Å²) in [5, 5.41) is 3.27. The fourth-order valence-electron chi connectivity index (χ4n) is 2.48. The first kappa shape index (κ1) is 10.5. The van der Waals surface area contributed by atoms with Crippen molar-refractivity contribution in [3.63, 3.8) is 0 Å². The molecule has 1 aliphatic heterocycles. The van der Waals surface area contributed by atoms with E-state index in [2.05, 4.69) is 72.5 Å². The lowest BCUT2D eigenvalue weighted by Crippen LogP contribution is -2.08. The van der Waals surface area contributed by atoms with Crippen molar-refractivity contribution in [1.29, 1.82) is 0 Å². The van der Waals surface area contributed by atoms with Gasteiger partial charge in [-0.25, -0.2) is 0 Å². The molecule has 1 fully saturated rings. The van der Waals surface area contributed by atoms with Gasteiger partial charge in [0.05, 0.1) is 6.54 Å². The highest BCUT2D eigenvalue weighted by atomic mass is 14.9. The van der Waals surface area contributed by atoms with Crippen molar-refractivity contribution in [3.8, 4) is 0 Å². The third kappa shape index (κ3) is 2.11. The Morgan fingerprint density at radius 1 is 0.824 bits per heavy atom. The van der Waals surface area contributed by atoms with Crippen molar-refractivity contribution in [3.05, 3.63) is 78.3 Å². The summed E-state index contributed by atoms with van der Waals surface area (Å²) < 4.78 is 0. The molecule has 0 aromatic heterocycles. The van der Waals surface area contributed by atoms with E-state index in [1.165, 1.54) is 11.1 Å². The van der Waals surface area contributed by atoms with Crippen LogP contribution in [0.2, 0.25) is 0 Å². The van der Waals surface area contributed by atoms with Crippen LogP contribution >= 0.6 is 0 Å². The van der Waals surface area contributed by atoms with Crippen LogP contribution < -0.4 is 5.32 Å². The molecular formula is C16H15N. The molecule has 2 aromatic rings. The average Bonchev–Trinajstić information content (AvgIpc) is 2.90. The van der Waals surface area contributed by atoms with Crippen LogP contribution in [0.3, 0.4) is 0 Å². The Balaban J connectivity index is 1.91. The average molecular weight is 221 g/mol. The van der Waals surface area contributed by atoms with Gasteiger partial charge in [0.15, 0.2) is 0 Å². The standard InChI is InChI=1S/C16H15N/c1-3-7-13(8-4-1)15-11-17-12-16(15)14-9-5-2-6-10-14/h1-10,15-17H,11H2. The predicted molar refractivity (Wildman–Crippen MR) is 69.6 cm³/mol. The first-order chi connectivity index (χ1) is 8.45. The molecule has 17 heavy (non-hydrogen) atoms. The van der Waals surface area contributed by atoms with Crippen LogP contribution in [0.4, 0.5) is 0 Å². The number of benzene rings is 2. The highest BCUT2D eigenvalue weighted by Gasteiger charge is 2.30. The maximum atomic E-state index is 3.37. The minimum absolute atomic E-state index is 0.360. The second kappa shape index (κ2) is 4.72. The monoisotopic (exact) mass is 221 g/mol. The summed E-state index contributed by atoms with van der Waals surface area (Å²) in [7, 11) is 0. The van der Waals surface area contributed by atoms with E-state index in [1.54, 1.807) is 0 Å². The van der Waals surface area contributed by atoms with Gasteiger partial charge in [-0.2, -0.15) is 0 Å². The summed E-state index contributed by atoms with van der Waals surface area (Å²) in [6, 6.07) is 21.3. The summed E-state index contributed by atoms with van der Waals surface area (Å²) in [5.41, 5.74) is 2.73. The quantitative estimate of drug-likeness (QED) is 0.821. The van der Waals surface area contributed by atoms with E-state index >= 15 is 0 Å². The zero-order valence-corrected chi connectivity index (χ0v) is 9.64. The van der Waals surface area contributed by atoms with Gasteiger partial charge < -0.3 is 5.32 Å². The Hall–Kier alpha value is -1.60. The van der Waals surface area contributed by atoms with Crippen LogP contribution in [0.5, 0.6) is 0 Å². The van der Waals surface area contributed by atoms with Gasteiger partial charge in [0.2, 0.25) is 0 Å². The van der Waals surface area contributed by atoms with Gasteiger partial charge in [-0.05, 0) is 11.1 Å². The van der Waals surface area contributed by atoms with Crippen molar-refractivity contribution in [2.45, 2.75) is 11.8 Å². The molecule has 1 nitrogen and oxygen atoms in total. The number of nitrogens with one attached hydrogen (secondary N) is 1. The van der Waals surface area contributed by atoms with E-state index in [9.17, 15) is 0 Å². The van der Waals surface area contributed by atoms with Crippen molar-refractivity contribution in [2.24, 2.45) is 0 Å². The minimum atomic E-state index is 0.360. The van der Waals surface area contributed by atoms with Gasteiger partial charge in [0.25, 0.3) is 0 Å². The van der Waals surface area contributed by atoms with Gasteiger partial charge >= 0.3 is 0 Å². The lowest BCUT2D eigenvalue weighted by Gasteiger charge is -2.18. The zero-order chi connectivity index (χ0) is 11.5. The van der Waals surface area contributed by atoms with E-state index in [0.29, 0.717) is 11.8 Å². The molecule has 1 aliphatic rings. The Kier molecular flexibility index (Phi) is 2.93. The smallest absolute Gasteiger partial charge is 0.0675 e. The molecular weight excluding hydrogens is 206 g/mol. The van der Waals surface area contributed by atoms with Crippen molar-refractivity contribution in [1.82, 2.24) is 5.32 Å². The van der Waals surface area contributed by atoms with Gasteiger partial charge in [-0.15, -0.1) is 0 Å². The number of rotatable bonds is 2. The van der Waals surface area contributed by atoms with Gasteiger partial charge in [0, 0.05) is 18.4 Å². The molecule has 1 saturated heterocycles. The lowest BCUT2D eigenvalue weighted by atomic mass is 9.84. The largest absolute Gasteiger partial charge is 0.307 e. The van der Waals surface area contributed by atoms with Crippen molar-refractivity contribution >= 4 is 0 Å². The van der Waals surface area contributed by atoms with E-state index in [1.807, 2.05) is 0 Å². The Labute approximate surface area is 102 Å². The predicted octanol–water partition coefficient (Wildman–Crippen LogP) is 3.20. The summed E-state index contributed by atoms with van der Waals surface area (Å²) in [6.45, 7) is 4.35. The van der Waals surface area contributed by atoms with Crippen LogP contribution in [0, 0.1) is 6.54 Å². The highest BCUT2D eigenvalue weighted by Crippen LogP contribution is 2.37. The molecule has 2 unspecified atom stereocenters. The molecule has 1 heteroatoms. The first-order valence-corrected chi connectivity index (χ1v) is 6.03. The Bertz CT molecular complexity index is 418. The normalized spacial score (nSPS) is 23.8. The Morgan fingerprint density at radius 3 is 2.06 bits per heavy atom. The van der Waals surface area contributed by atoms with Crippen LogP contribution in [0.15, 0.2) is 60.7 Å². The third-order valence-electron chi connectivity index (χ3n) is 3.37. The fraction of sp³-hybridized carbons (Fsp3) is 0.188. The van der Waals surface area contributed by atoms with Crippen molar-refractivity contribution in [2.75, 3.05) is 6.54 Å². The molecule has 0 amide bonds. The highest BCUT2D eigenvalue weighted by molar-refractivity contribution is 5.33. The Morgan fingerprint density at radius 2 is 1.41 bits per heavy atom. The molecule has 0 saturated carbocycles. The van der Waals surface area contributed by atoms with Gasteiger partial charge in [0.1, 0.15) is 0 Å². The molecule has 0 bridgehead atoms. The topological polar surface area (TPSA) is 12.0 Å². The van der Waals surface area contributed by atoms with Gasteiger partial charge in [-0.1, -0.05) is 60.7 Å². The molecule has 2 radical (unpaired) electrons. The molecule has 2 aromatic carbocycles. The summed E-state index contributed by atoms with van der Waals surface area (Å²) in [5.74, 6) is 0.859. The van der Waals surface area contributed by atoms with Crippen molar-refractivity contribution < 1.29 is 0 Å². The molecule has 3 rings (SSSR count). The lowest BCUT2D eigenvalue weighted by molar-refractivity contribution is 0.687. The number of hydrogen-bond donors (Lipinski definition) is 1. The molecule has 0 aliphatic carbocycles. The summed E-state index contributed by atoms with van der Waals surface area (Å²) in [4.78, 5) is 0. The van der Waals surface area contributed by atoms with Gasteiger partial charge in [-0.3, -0.25) is 0 Å². The minimum Gasteiger partial charge on any atom is -0.307 e. The van der Waals surface area contributed by atoms with Crippen LogP contribution in [0.1, 0.15) is 23.0 Å². The van der Waals surface area contributed by atoms with E-state index < -0.39 is 0 Å². The van der Waals surface area contributed by atoms with E-state index in [4.69, 9.17) is 0 Å². The summed E-state index contributed by atoms with van der Waals surface area (Å²) >= 11 is 0. The summed E-state index contributed by atoms with van der Waals surface area (Å²) in [6.07, 6.45) is 0. The second-order valence-corrected chi connectivity index (χ2v) is 4.43. The third-order valence-corrected chi connectivity index (χ3v) is 3.37. The molecule has 1 heterocycles. The molecule has 0 spiro atoms. The maximum absolute atomic E-state index is 3.37. The van der Waals surface area contributed by atoms with Crippen LogP contribution in [-0.2, 0) is 0 Å². The van der Waals surface area contributed by atoms with E-state index in [-0.39, 0.29) is 0 Å². The molecule has 2 atom stereocenters. The molecule has 1 N–H and O–H groups in total. The maximum Gasteiger partial charge on any atom is 0.0675 e. The second-order valence-electron chi connectivity index (χ2n) is 4.43. The van der Waals surface area contributed by atoms with Crippen LogP contribution in [-0.4, -0.2) is 6.54 Å². The molecule has 84 valence electrons. The zero-order valence-electron chi connectivity index (χ0n) is 9.64. The van der Waals surface area contributed by atoms with E-state index in [0.717, 1.165) is 6.54 Å².